The molecule has 1 rings (SSSR count). The fraction of sp³-hybridized carbons (Fsp3) is 0.692. The molecule has 18 heavy (non-hydrogen) atoms. The molecule has 1 fully saturated rings. The lowest BCUT2D eigenvalue weighted by Crippen LogP contribution is -2.46. The van der Waals surface area contributed by atoms with Crippen LogP contribution in [0.25, 0.3) is 0 Å². The normalized spacial score (nSPS) is 23.2. The lowest BCUT2D eigenvalue weighted by molar-refractivity contribution is -0.142. The maximum atomic E-state index is 12.0. The van der Waals surface area contributed by atoms with E-state index in [0.29, 0.717) is 12.8 Å². The summed E-state index contributed by atoms with van der Waals surface area (Å²) in [5.41, 5.74) is -0.646. The number of hydrogen-bond donors (Lipinski definition) is 1. The van der Waals surface area contributed by atoms with Gasteiger partial charge in [0.2, 0.25) is 0 Å². The predicted octanol–water partition coefficient (Wildman–Crippen LogP) is 1.86. The zero-order chi connectivity index (χ0) is 13.9. The summed E-state index contributed by atoms with van der Waals surface area (Å²) in [6.45, 7) is 6.91. The molecule has 0 aromatic rings. The number of likely N-dealkylation sites (tertiary alicyclic amines) is 1. The van der Waals surface area contributed by atoms with Gasteiger partial charge in [-0.05, 0) is 40.5 Å². The number of rotatable bonds is 1. The minimum Gasteiger partial charge on any atom is -0.480 e. The highest BCUT2D eigenvalue weighted by Gasteiger charge is 2.42. The Morgan fingerprint density at radius 2 is 1.94 bits per heavy atom. The van der Waals surface area contributed by atoms with Crippen molar-refractivity contribution in [2.45, 2.75) is 58.2 Å². The average molecular weight is 253 g/mol. The highest BCUT2D eigenvalue weighted by molar-refractivity contribution is 5.81. The van der Waals surface area contributed by atoms with Crippen molar-refractivity contribution in [3.8, 4) is 11.8 Å². The molecule has 1 aliphatic rings. The van der Waals surface area contributed by atoms with Crippen molar-refractivity contribution in [3.63, 3.8) is 0 Å². The van der Waals surface area contributed by atoms with E-state index in [4.69, 9.17) is 9.84 Å². The van der Waals surface area contributed by atoms with Crippen molar-refractivity contribution in [2.75, 3.05) is 0 Å². The molecule has 1 N–H and O–H groups in total. The van der Waals surface area contributed by atoms with Gasteiger partial charge < -0.3 is 9.84 Å². The predicted molar refractivity (Wildman–Crippen MR) is 66.0 cm³/mol. The van der Waals surface area contributed by atoms with Gasteiger partial charge in [-0.2, -0.15) is 0 Å². The summed E-state index contributed by atoms with van der Waals surface area (Å²) in [6, 6.07) is -1.21. The van der Waals surface area contributed by atoms with Gasteiger partial charge in [0.1, 0.15) is 11.6 Å². The van der Waals surface area contributed by atoms with Crippen LogP contribution in [0.1, 0.15) is 40.5 Å². The van der Waals surface area contributed by atoms with E-state index in [1.165, 1.54) is 4.90 Å². The fourth-order valence-electron chi connectivity index (χ4n) is 1.93. The smallest absolute Gasteiger partial charge is 0.412 e. The van der Waals surface area contributed by atoms with Crippen LogP contribution >= 0.6 is 0 Å². The minimum atomic E-state index is -1.01. The molecule has 2 atom stereocenters. The van der Waals surface area contributed by atoms with Crippen molar-refractivity contribution in [1.82, 2.24) is 4.90 Å². The van der Waals surface area contributed by atoms with Crippen LogP contribution in [0.3, 0.4) is 0 Å². The van der Waals surface area contributed by atoms with Crippen LogP contribution in [-0.4, -0.2) is 39.8 Å². The van der Waals surface area contributed by atoms with Gasteiger partial charge in [-0.1, -0.05) is 5.92 Å². The Hall–Kier alpha value is -1.70. The van der Waals surface area contributed by atoms with Crippen LogP contribution < -0.4 is 0 Å². The molecule has 0 aromatic carbocycles. The number of carboxylic acid groups (broad SMARTS) is 1. The first-order valence-corrected chi connectivity index (χ1v) is 5.92. The minimum absolute atomic E-state index is 0.369. The summed E-state index contributed by atoms with van der Waals surface area (Å²) in [7, 11) is 0. The molecule has 0 saturated carbocycles. The van der Waals surface area contributed by atoms with Crippen molar-refractivity contribution in [2.24, 2.45) is 0 Å². The van der Waals surface area contributed by atoms with Crippen LogP contribution in [-0.2, 0) is 9.53 Å². The maximum absolute atomic E-state index is 12.0. The van der Waals surface area contributed by atoms with E-state index in [9.17, 15) is 9.59 Å². The summed E-state index contributed by atoms with van der Waals surface area (Å²) in [5.74, 6) is 4.57. The monoisotopic (exact) mass is 253 g/mol. The summed E-state index contributed by atoms with van der Waals surface area (Å²) < 4.78 is 5.23. The molecule has 0 aromatic heterocycles. The second kappa shape index (κ2) is 5.30. The van der Waals surface area contributed by atoms with Gasteiger partial charge in [0, 0.05) is 0 Å². The number of carboxylic acids is 1. The number of amides is 1. The van der Waals surface area contributed by atoms with E-state index in [0.717, 1.165) is 0 Å². The molecule has 0 radical (unpaired) electrons. The SMILES string of the molecule is CC#C[C@H]1CC[C@@H](C(=O)O)N1C(=O)OC(C)(C)C. The van der Waals surface area contributed by atoms with Gasteiger partial charge in [0.05, 0.1) is 6.04 Å². The molecule has 1 saturated heterocycles. The Kier molecular flexibility index (Phi) is 4.23. The van der Waals surface area contributed by atoms with Gasteiger partial charge in [-0.15, -0.1) is 5.92 Å². The van der Waals surface area contributed by atoms with Crippen molar-refractivity contribution in [3.05, 3.63) is 0 Å². The van der Waals surface area contributed by atoms with Crippen LogP contribution in [0.4, 0.5) is 4.79 Å². The van der Waals surface area contributed by atoms with Crippen molar-refractivity contribution in [1.29, 1.82) is 0 Å². The number of carbonyl (C=O) groups is 2. The number of hydrogen-bond acceptors (Lipinski definition) is 3. The largest absolute Gasteiger partial charge is 0.480 e. The van der Waals surface area contributed by atoms with E-state index < -0.39 is 23.7 Å². The first-order chi connectivity index (χ1) is 8.26. The second-order valence-corrected chi connectivity index (χ2v) is 5.23. The van der Waals surface area contributed by atoms with Crippen molar-refractivity contribution < 1.29 is 19.4 Å². The Morgan fingerprint density at radius 1 is 1.33 bits per heavy atom. The van der Waals surface area contributed by atoms with Gasteiger partial charge in [-0.3, -0.25) is 4.90 Å². The molecular formula is C13H19NO4. The number of nitrogens with zero attached hydrogens (tertiary/aromatic N) is 1. The molecule has 0 aliphatic carbocycles. The van der Waals surface area contributed by atoms with E-state index >= 15 is 0 Å². The van der Waals surface area contributed by atoms with Crippen LogP contribution in [0.15, 0.2) is 0 Å². The first-order valence-electron chi connectivity index (χ1n) is 5.92. The number of ether oxygens (including phenoxy) is 1. The zero-order valence-corrected chi connectivity index (χ0v) is 11.2. The summed E-state index contributed by atoms with van der Waals surface area (Å²) in [4.78, 5) is 24.4. The molecule has 0 spiro atoms. The lowest BCUT2D eigenvalue weighted by atomic mass is 10.2. The molecule has 0 bridgehead atoms. The van der Waals surface area contributed by atoms with Crippen LogP contribution in [0.5, 0.6) is 0 Å². The maximum Gasteiger partial charge on any atom is 0.412 e. The standard InChI is InChI=1S/C13H19NO4/c1-5-6-9-7-8-10(11(15)16)14(9)12(17)18-13(2,3)4/h9-10H,7-8H2,1-4H3,(H,15,16)/t9-,10-/m0/s1. The third kappa shape index (κ3) is 3.39. The Morgan fingerprint density at radius 3 is 2.39 bits per heavy atom. The molecule has 0 unspecified atom stereocenters. The van der Waals surface area contributed by atoms with E-state index in [2.05, 4.69) is 11.8 Å². The molecule has 1 aliphatic heterocycles. The van der Waals surface area contributed by atoms with Gasteiger partial charge in [-0.25, -0.2) is 9.59 Å². The quantitative estimate of drug-likeness (QED) is 0.724. The Bertz CT molecular complexity index is 399. The Labute approximate surface area is 107 Å². The van der Waals surface area contributed by atoms with Crippen molar-refractivity contribution >= 4 is 12.1 Å². The number of aliphatic carboxylic acids is 1. The summed E-state index contributed by atoms with van der Waals surface area (Å²) >= 11 is 0. The molecule has 5 heteroatoms. The van der Waals surface area contributed by atoms with Gasteiger partial charge in [0.25, 0.3) is 0 Å². The number of carbonyl (C=O) groups excluding carboxylic acids is 1. The molecule has 1 amide bonds. The highest BCUT2D eigenvalue weighted by atomic mass is 16.6. The molecular weight excluding hydrogens is 234 g/mol. The van der Waals surface area contributed by atoms with Gasteiger partial charge >= 0.3 is 12.1 Å². The van der Waals surface area contributed by atoms with E-state index in [1.807, 2.05) is 0 Å². The molecule has 100 valence electrons. The Balaban J connectivity index is 2.92. The van der Waals surface area contributed by atoms with E-state index in [1.54, 1.807) is 27.7 Å². The third-order valence-corrected chi connectivity index (χ3v) is 2.59. The average Bonchev–Trinajstić information content (AvgIpc) is 2.59. The third-order valence-electron chi connectivity index (χ3n) is 2.59. The van der Waals surface area contributed by atoms with E-state index in [-0.39, 0.29) is 6.04 Å². The highest BCUT2D eigenvalue weighted by Crippen LogP contribution is 2.26. The second-order valence-electron chi connectivity index (χ2n) is 5.23. The zero-order valence-electron chi connectivity index (χ0n) is 11.2. The first kappa shape index (κ1) is 14.4. The van der Waals surface area contributed by atoms with Crippen LogP contribution in [0.2, 0.25) is 0 Å². The van der Waals surface area contributed by atoms with Gasteiger partial charge in [0.15, 0.2) is 0 Å². The topological polar surface area (TPSA) is 66.8 Å². The summed E-state index contributed by atoms with van der Waals surface area (Å²) in [5, 5.41) is 9.12. The molecule has 1 heterocycles. The summed E-state index contributed by atoms with van der Waals surface area (Å²) in [6.07, 6.45) is 0.366. The lowest BCUT2D eigenvalue weighted by Gasteiger charge is -2.29. The molecule has 5 nitrogen and oxygen atoms in total. The fourth-order valence-corrected chi connectivity index (χ4v) is 1.93. The van der Waals surface area contributed by atoms with Crippen LogP contribution in [0, 0.1) is 11.8 Å².